The van der Waals surface area contributed by atoms with Gasteiger partial charge in [0.2, 0.25) is 5.91 Å². The van der Waals surface area contributed by atoms with Crippen molar-refractivity contribution in [1.82, 2.24) is 19.4 Å². The van der Waals surface area contributed by atoms with Gasteiger partial charge in [-0.3, -0.25) is 18.7 Å². The quantitative estimate of drug-likeness (QED) is 0.533. The minimum Gasteiger partial charge on any atom is -0.350 e. The van der Waals surface area contributed by atoms with Gasteiger partial charge in [-0.05, 0) is 37.0 Å². The number of carbonyl (C=O) groups excluding carboxylic acids is 1. The molecule has 0 unspecified atom stereocenters. The van der Waals surface area contributed by atoms with Crippen molar-refractivity contribution in [2.75, 3.05) is 18.0 Å². The zero-order valence-corrected chi connectivity index (χ0v) is 19.1. The second kappa shape index (κ2) is 9.70. The molecule has 1 aliphatic rings. The standard InChI is InChI=1S/C22H24ClN5O3S/c1-2-10-27-20(30)18-19(25-21(32-18)26-11-4-3-5-12-26)28(22(27)31)14-17(29)24-13-15-6-8-16(23)9-7-15/h2,6-9H,1,3-5,10-14H2,(H,24,29). The second-order valence-corrected chi connectivity index (χ2v) is 9.09. The molecule has 1 N–H and O–H groups in total. The average molecular weight is 474 g/mol. The van der Waals surface area contributed by atoms with Crippen molar-refractivity contribution in [3.05, 3.63) is 68.3 Å². The van der Waals surface area contributed by atoms with E-state index in [4.69, 9.17) is 11.6 Å². The van der Waals surface area contributed by atoms with Crippen LogP contribution in [0.2, 0.25) is 5.02 Å². The molecule has 10 heteroatoms. The molecule has 1 amide bonds. The molecule has 0 aliphatic carbocycles. The Balaban J connectivity index is 1.66. The SMILES string of the molecule is C=CCn1c(=O)c2sc(N3CCCCC3)nc2n(CC(=O)NCc2ccc(Cl)cc2)c1=O. The van der Waals surface area contributed by atoms with Crippen LogP contribution in [0.25, 0.3) is 10.3 Å². The molecule has 168 valence electrons. The molecule has 2 aromatic heterocycles. The summed E-state index contributed by atoms with van der Waals surface area (Å²) in [6.45, 7) is 5.51. The molecule has 1 aromatic carbocycles. The van der Waals surface area contributed by atoms with Gasteiger partial charge in [0, 0.05) is 31.2 Å². The number of aromatic nitrogens is 3. The first-order valence-electron chi connectivity index (χ1n) is 10.5. The Hall–Kier alpha value is -2.91. The van der Waals surface area contributed by atoms with Gasteiger partial charge in [-0.2, -0.15) is 0 Å². The summed E-state index contributed by atoms with van der Waals surface area (Å²) in [7, 11) is 0. The van der Waals surface area contributed by atoms with Crippen molar-refractivity contribution in [2.45, 2.75) is 38.9 Å². The van der Waals surface area contributed by atoms with Crippen LogP contribution < -0.4 is 21.5 Å². The van der Waals surface area contributed by atoms with Gasteiger partial charge in [0.05, 0.1) is 0 Å². The summed E-state index contributed by atoms with van der Waals surface area (Å²) in [5.41, 5.74) is 0.175. The van der Waals surface area contributed by atoms with Crippen molar-refractivity contribution >= 4 is 44.3 Å². The molecule has 0 atom stereocenters. The first-order valence-corrected chi connectivity index (χ1v) is 11.7. The minimum atomic E-state index is -0.570. The van der Waals surface area contributed by atoms with E-state index in [0.29, 0.717) is 21.4 Å². The van der Waals surface area contributed by atoms with Crippen molar-refractivity contribution in [2.24, 2.45) is 0 Å². The van der Waals surface area contributed by atoms with E-state index in [9.17, 15) is 14.4 Å². The molecular weight excluding hydrogens is 450 g/mol. The molecule has 0 saturated carbocycles. The molecule has 0 radical (unpaired) electrons. The lowest BCUT2D eigenvalue weighted by atomic mass is 10.1. The third-order valence-corrected chi connectivity index (χ3v) is 6.74. The number of hydrogen-bond acceptors (Lipinski definition) is 6. The van der Waals surface area contributed by atoms with Crippen molar-refractivity contribution in [1.29, 1.82) is 0 Å². The van der Waals surface area contributed by atoms with Crippen LogP contribution in [0.15, 0.2) is 46.5 Å². The Kier molecular flexibility index (Phi) is 6.76. The molecule has 0 spiro atoms. The van der Waals surface area contributed by atoms with E-state index in [2.05, 4.69) is 21.8 Å². The lowest BCUT2D eigenvalue weighted by Gasteiger charge is -2.25. The molecule has 0 bridgehead atoms. The van der Waals surface area contributed by atoms with Crippen LogP contribution in [0.1, 0.15) is 24.8 Å². The average Bonchev–Trinajstić information content (AvgIpc) is 3.25. The highest BCUT2D eigenvalue weighted by atomic mass is 35.5. The van der Waals surface area contributed by atoms with Crippen LogP contribution in [0, 0.1) is 0 Å². The second-order valence-electron chi connectivity index (χ2n) is 7.67. The first-order chi connectivity index (χ1) is 15.5. The van der Waals surface area contributed by atoms with Gasteiger partial charge in [0.25, 0.3) is 5.56 Å². The summed E-state index contributed by atoms with van der Waals surface area (Å²) >= 11 is 7.17. The van der Waals surface area contributed by atoms with Gasteiger partial charge >= 0.3 is 5.69 Å². The number of hydrogen-bond donors (Lipinski definition) is 1. The maximum absolute atomic E-state index is 13.1. The lowest BCUT2D eigenvalue weighted by molar-refractivity contribution is -0.121. The molecule has 8 nitrogen and oxygen atoms in total. The maximum Gasteiger partial charge on any atom is 0.333 e. The zero-order chi connectivity index (χ0) is 22.7. The Morgan fingerprint density at radius 3 is 2.56 bits per heavy atom. The summed E-state index contributed by atoms with van der Waals surface area (Å²) in [5, 5.41) is 4.14. The number of allylic oxidation sites excluding steroid dienone is 1. The predicted molar refractivity (Wildman–Crippen MR) is 128 cm³/mol. The molecule has 3 aromatic rings. The van der Waals surface area contributed by atoms with Gasteiger partial charge in [0.1, 0.15) is 11.2 Å². The number of thiazole rings is 1. The van der Waals surface area contributed by atoms with Crippen LogP contribution in [0.5, 0.6) is 0 Å². The minimum absolute atomic E-state index is 0.0664. The first kappa shape index (κ1) is 22.3. The molecule has 32 heavy (non-hydrogen) atoms. The Labute approximate surface area is 193 Å². The number of amides is 1. The zero-order valence-electron chi connectivity index (χ0n) is 17.6. The highest BCUT2D eigenvalue weighted by Crippen LogP contribution is 2.28. The summed E-state index contributed by atoms with van der Waals surface area (Å²) in [6.07, 6.45) is 4.80. The fourth-order valence-corrected chi connectivity index (χ4v) is 4.92. The number of nitrogens with zero attached hydrogens (tertiary/aromatic N) is 4. The van der Waals surface area contributed by atoms with Gasteiger partial charge in [-0.25, -0.2) is 9.78 Å². The third-order valence-electron chi connectivity index (χ3n) is 5.40. The largest absolute Gasteiger partial charge is 0.350 e. The number of nitrogens with one attached hydrogen (secondary N) is 1. The summed E-state index contributed by atoms with van der Waals surface area (Å²) in [5.74, 6) is -0.348. The third kappa shape index (κ3) is 4.63. The van der Waals surface area contributed by atoms with Gasteiger partial charge in [0.15, 0.2) is 10.8 Å². The molecule has 1 fully saturated rings. The Morgan fingerprint density at radius 2 is 1.88 bits per heavy atom. The highest BCUT2D eigenvalue weighted by molar-refractivity contribution is 7.22. The van der Waals surface area contributed by atoms with Crippen molar-refractivity contribution in [3.63, 3.8) is 0 Å². The number of benzene rings is 1. The predicted octanol–water partition coefficient (Wildman–Crippen LogP) is 2.77. The van der Waals surface area contributed by atoms with E-state index in [-0.39, 0.29) is 24.6 Å². The van der Waals surface area contributed by atoms with E-state index in [0.717, 1.165) is 36.1 Å². The molecule has 1 saturated heterocycles. The van der Waals surface area contributed by atoms with Crippen LogP contribution in [0.4, 0.5) is 5.13 Å². The van der Waals surface area contributed by atoms with Crippen LogP contribution >= 0.6 is 22.9 Å². The molecule has 4 rings (SSSR count). The lowest BCUT2D eigenvalue weighted by Crippen LogP contribution is -2.42. The number of piperidine rings is 1. The Bertz CT molecular complexity index is 1260. The fraction of sp³-hybridized carbons (Fsp3) is 0.364. The van der Waals surface area contributed by atoms with Crippen molar-refractivity contribution in [3.8, 4) is 0 Å². The molecule has 1 aliphatic heterocycles. The molecule has 3 heterocycles. The summed E-state index contributed by atoms with van der Waals surface area (Å²) in [6, 6.07) is 7.14. The normalized spacial score (nSPS) is 14.0. The monoisotopic (exact) mass is 473 g/mol. The van der Waals surface area contributed by atoms with Crippen LogP contribution in [-0.4, -0.2) is 33.1 Å². The van der Waals surface area contributed by atoms with E-state index >= 15 is 0 Å². The number of fused-ring (bicyclic) bond motifs is 1. The van der Waals surface area contributed by atoms with Crippen LogP contribution in [-0.2, 0) is 24.4 Å². The van der Waals surface area contributed by atoms with Crippen LogP contribution in [0.3, 0.4) is 0 Å². The smallest absolute Gasteiger partial charge is 0.333 e. The molecular formula is C22H24ClN5O3S. The van der Waals surface area contributed by atoms with E-state index in [1.54, 1.807) is 12.1 Å². The number of rotatable bonds is 7. The van der Waals surface area contributed by atoms with Gasteiger partial charge in [-0.1, -0.05) is 41.1 Å². The number of halogens is 1. The Morgan fingerprint density at radius 1 is 1.16 bits per heavy atom. The van der Waals surface area contributed by atoms with Gasteiger partial charge < -0.3 is 10.2 Å². The highest BCUT2D eigenvalue weighted by Gasteiger charge is 2.22. The topological polar surface area (TPSA) is 89.2 Å². The number of anilines is 1. The van der Waals surface area contributed by atoms with Crippen molar-refractivity contribution < 1.29 is 4.79 Å². The van der Waals surface area contributed by atoms with E-state index in [1.165, 1.54) is 28.4 Å². The maximum atomic E-state index is 13.1. The fourth-order valence-electron chi connectivity index (χ4n) is 3.72. The van der Waals surface area contributed by atoms with E-state index < -0.39 is 11.2 Å². The summed E-state index contributed by atoms with van der Waals surface area (Å²) < 4.78 is 2.75. The van der Waals surface area contributed by atoms with Gasteiger partial charge in [-0.15, -0.1) is 6.58 Å². The van der Waals surface area contributed by atoms with E-state index in [1.807, 2.05) is 12.1 Å². The summed E-state index contributed by atoms with van der Waals surface area (Å²) in [4.78, 5) is 45.4. The number of carbonyl (C=O) groups is 1.